The zero-order valence-corrected chi connectivity index (χ0v) is 12.1. The Morgan fingerprint density at radius 3 is 2.79 bits per heavy atom. The van der Waals surface area contributed by atoms with E-state index in [9.17, 15) is 4.79 Å². The molecule has 3 N–H and O–H groups in total. The Labute approximate surface area is 115 Å². The molecule has 3 unspecified atom stereocenters. The second-order valence-electron chi connectivity index (χ2n) is 5.70. The van der Waals surface area contributed by atoms with Crippen molar-refractivity contribution in [2.75, 3.05) is 5.73 Å². The predicted octanol–water partition coefficient (Wildman–Crippen LogP) is 3.13. The van der Waals surface area contributed by atoms with Gasteiger partial charge in [-0.2, -0.15) is 0 Å². The van der Waals surface area contributed by atoms with Crippen LogP contribution in [0.25, 0.3) is 0 Å². The van der Waals surface area contributed by atoms with Gasteiger partial charge in [-0.05, 0) is 49.3 Å². The lowest BCUT2D eigenvalue weighted by atomic mass is 9.93. The molecule has 0 aliphatic heterocycles. The van der Waals surface area contributed by atoms with Gasteiger partial charge in [-0.1, -0.05) is 26.3 Å². The summed E-state index contributed by atoms with van der Waals surface area (Å²) in [7, 11) is 0. The number of nitrogen functional groups attached to an aromatic ring is 1. The molecule has 3 heteroatoms. The van der Waals surface area contributed by atoms with Gasteiger partial charge in [0.15, 0.2) is 0 Å². The molecule has 1 amide bonds. The normalized spacial score (nSPS) is 26.4. The summed E-state index contributed by atoms with van der Waals surface area (Å²) < 4.78 is 0. The van der Waals surface area contributed by atoms with E-state index < -0.39 is 0 Å². The lowest BCUT2D eigenvalue weighted by Crippen LogP contribution is -2.37. The van der Waals surface area contributed by atoms with Crippen LogP contribution in [0.5, 0.6) is 0 Å². The molecule has 2 rings (SSSR count). The number of carbonyl (C=O) groups excluding carboxylic acids is 1. The van der Waals surface area contributed by atoms with E-state index >= 15 is 0 Å². The average molecular weight is 260 g/mol. The van der Waals surface area contributed by atoms with E-state index in [4.69, 9.17) is 5.73 Å². The van der Waals surface area contributed by atoms with Crippen molar-refractivity contribution in [2.45, 2.75) is 46.1 Å². The summed E-state index contributed by atoms with van der Waals surface area (Å²) in [5, 5.41) is 3.18. The molecule has 0 spiro atoms. The van der Waals surface area contributed by atoms with E-state index in [-0.39, 0.29) is 5.91 Å². The first-order chi connectivity index (χ1) is 9.04. The van der Waals surface area contributed by atoms with E-state index in [1.807, 2.05) is 25.1 Å². The van der Waals surface area contributed by atoms with Gasteiger partial charge < -0.3 is 11.1 Å². The zero-order chi connectivity index (χ0) is 14.0. The van der Waals surface area contributed by atoms with Crippen LogP contribution in [0.2, 0.25) is 0 Å². The van der Waals surface area contributed by atoms with E-state index in [0.29, 0.717) is 23.2 Å². The zero-order valence-electron chi connectivity index (χ0n) is 12.1. The molecule has 0 bridgehead atoms. The minimum absolute atomic E-state index is 0.0124. The van der Waals surface area contributed by atoms with Crippen molar-refractivity contribution in [3.05, 3.63) is 29.3 Å². The van der Waals surface area contributed by atoms with Crippen LogP contribution in [0.15, 0.2) is 18.2 Å². The third kappa shape index (κ3) is 2.75. The first-order valence-electron chi connectivity index (χ1n) is 7.20. The van der Waals surface area contributed by atoms with Crippen molar-refractivity contribution in [2.24, 2.45) is 11.8 Å². The molecule has 0 radical (unpaired) electrons. The third-order valence-electron chi connectivity index (χ3n) is 4.69. The quantitative estimate of drug-likeness (QED) is 0.820. The highest BCUT2D eigenvalue weighted by Gasteiger charge is 2.32. The summed E-state index contributed by atoms with van der Waals surface area (Å²) in [4.78, 5) is 12.3. The van der Waals surface area contributed by atoms with Crippen LogP contribution in [0.1, 0.15) is 49.0 Å². The molecule has 19 heavy (non-hydrogen) atoms. The van der Waals surface area contributed by atoms with Gasteiger partial charge in [-0.15, -0.1) is 0 Å². The fraction of sp³-hybridized carbons (Fsp3) is 0.562. The molecular formula is C16H24N2O. The summed E-state index contributed by atoms with van der Waals surface area (Å²) in [5.74, 6) is 1.32. The van der Waals surface area contributed by atoms with Crippen LogP contribution in [0, 0.1) is 18.8 Å². The molecule has 1 saturated carbocycles. The number of carbonyl (C=O) groups is 1. The molecular weight excluding hydrogens is 236 g/mol. The van der Waals surface area contributed by atoms with E-state index in [1.54, 1.807) is 0 Å². The maximum atomic E-state index is 12.3. The molecule has 0 aromatic heterocycles. The number of benzene rings is 1. The number of nitrogens with two attached hydrogens (primary N) is 1. The van der Waals surface area contributed by atoms with Crippen LogP contribution < -0.4 is 11.1 Å². The van der Waals surface area contributed by atoms with Crippen LogP contribution in [-0.2, 0) is 0 Å². The van der Waals surface area contributed by atoms with Crippen molar-refractivity contribution in [1.82, 2.24) is 5.32 Å². The number of hydrogen-bond acceptors (Lipinski definition) is 2. The second-order valence-corrected chi connectivity index (χ2v) is 5.70. The SMILES string of the molecule is CCC1CCC(NC(=O)c2cccc(N)c2C)C1C. The molecule has 1 aromatic carbocycles. The van der Waals surface area contributed by atoms with E-state index in [1.165, 1.54) is 12.8 Å². The van der Waals surface area contributed by atoms with Crippen molar-refractivity contribution in [3.63, 3.8) is 0 Å². The van der Waals surface area contributed by atoms with Gasteiger partial charge in [0.1, 0.15) is 0 Å². The number of hydrogen-bond donors (Lipinski definition) is 2. The Balaban J connectivity index is 2.08. The molecule has 0 heterocycles. The molecule has 1 aliphatic carbocycles. The van der Waals surface area contributed by atoms with Crippen LogP contribution in [-0.4, -0.2) is 11.9 Å². The minimum Gasteiger partial charge on any atom is -0.398 e. The largest absolute Gasteiger partial charge is 0.398 e. The second kappa shape index (κ2) is 5.64. The van der Waals surface area contributed by atoms with Crippen LogP contribution in [0.4, 0.5) is 5.69 Å². The smallest absolute Gasteiger partial charge is 0.251 e. The topological polar surface area (TPSA) is 55.1 Å². The number of amides is 1. The lowest BCUT2D eigenvalue weighted by Gasteiger charge is -2.21. The van der Waals surface area contributed by atoms with Gasteiger partial charge in [0, 0.05) is 17.3 Å². The fourth-order valence-electron chi connectivity index (χ4n) is 3.17. The fourth-order valence-corrected chi connectivity index (χ4v) is 3.17. The number of rotatable bonds is 3. The van der Waals surface area contributed by atoms with Crippen LogP contribution in [0.3, 0.4) is 0 Å². The maximum absolute atomic E-state index is 12.3. The molecule has 104 valence electrons. The Bertz CT molecular complexity index is 470. The molecule has 1 aromatic rings. The summed E-state index contributed by atoms with van der Waals surface area (Å²) >= 11 is 0. The van der Waals surface area contributed by atoms with Gasteiger partial charge in [0.05, 0.1) is 0 Å². The van der Waals surface area contributed by atoms with Crippen molar-refractivity contribution in [1.29, 1.82) is 0 Å². The van der Waals surface area contributed by atoms with Crippen molar-refractivity contribution >= 4 is 11.6 Å². The summed E-state index contributed by atoms with van der Waals surface area (Å²) in [6.45, 7) is 6.38. The van der Waals surface area contributed by atoms with Gasteiger partial charge in [0.25, 0.3) is 5.91 Å². The third-order valence-corrected chi connectivity index (χ3v) is 4.69. The Kier molecular flexibility index (Phi) is 4.13. The monoisotopic (exact) mass is 260 g/mol. The Morgan fingerprint density at radius 1 is 1.42 bits per heavy atom. The Morgan fingerprint density at radius 2 is 2.16 bits per heavy atom. The molecule has 3 nitrogen and oxygen atoms in total. The first-order valence-corrected chi connectivity index (χ1v) is 7.20. The molecule has 1 fully saturated rings. The van der Waals surface area contributed by atoms with Crippen molar-refractivity contribution in [3.8, 4) is 0 Å². The minimum atomic E-state index is 0.0124. The van der Waals surface area contributed by atoms with E-state index in [0.717, 1.165) is 17.9 Å². The average Bonchev–Trinajstić information content (AvgIpc) is 2.73. The van der Waals surface area contributed by atoms with Gasteiger partial charge in [-0.3, -0.25) is 4.79 Å². The lowest BCUT2D eigenvalue weighted by molar-refractivity contribution is 0.0926. The molecule has 0 saturated heterocycles. The highest BCUT2D eigenvalue weighted by atomic mass is 16.1. The van der Waals surface area contributed by atoms with Crippen LogP contribution >= 0.6 is 0 Å². The van der Waals surface area contributed by atoms with Crippen molar-refractivity contribution < 1.29 is 4.79 Å². The predicted molar refractivity (Wildman–Crippen MR) is 79.0 cm³/mol. The highest BCUT2D eigenvalue weighted by molar-refractivity contribution is 5.97. The van der Waals surface area contributed by atoms with E-state index in [2.05, 4.69) is 19.2 Å². The first kappa shape index (κ1) is 13.9. The Hall–Kier alpha value is -1.51. The summed E-state index contributed by atoms with van der Waals surface area (Å²) in [5.41, 5.74) is 8.11. The van der Waals surface area contributed by atoms with Gasteiger partial charge in [-0.25, -0.2) is 0 Å². The van der Waals surface area contributed by atoms with Gasteiger partial charge in [0.2, 0.25) is 0 Å². The summed E-state index contributed by atoms with van der Waals surface area (Å²) in [6, 6.07) is 5.82. The molecule has 3 atom stereocenters. The highest BCUT2D eigenvalue weighted by Crippen LogP contribution is 2.34. The standard InChI is InChI=1S/C16H24N2O/c1-4-12-8-9-15(10(12)2)18-16(19)13-6-5-7-14(17)11(13)3/h5-7,10,12,15H,4,8-9,17H2,1-3H3,(H,18,19). The number of nitrogens with one attached hydrogen (secondary N) is 1. The number of anilines is 1. The molecule has 1 aliphatic rings. The maximum Gasteiger partial charge on any atom is 0.251 e. The van der Waals surface area contributed by atoms with Gasteiger partial charge >= 0.3 is 0 Å². The summed E-state index contributed by atoms with van der Waals surface area (Å²) in [6.07, 6.45) is 3.51.